The van der Waals surface area contributed by atoms with E-state index in [1.165, 1.54) is 6.07 Å². The zero-order chi connectivity index (χ0) is 14.5. The number of halogens is 1. The highest BCUT2D eigenvalue weighted by molar-refractivity contribution is 6.30. The Hall–Kier alpha value is -2.33. The number of hydrogen-bond donors (Lipinski definition) is 2. The number of amides is 2. The minimum Gasteiger partial charge on any atom is -0.267 e. The summed E-state index contributed by atoms with van der Waals surface area (Å²) in [6, 6.07) is 13.6. The third-order valence-electron chi connectivity index (χ3n) is 2.77. The normalized spacial score (nSPS) is 9.90. The van der Waals surface area contributed by atoms with Crippen molar-refractivity contribution in [1.29, 1.82) is 0 Å². The molecule has 0 aliphatic carbocycles. The van der Waals surface area contributed by atoms with Gasteiger partial charge >= 0.3 is 0 Å². The van der Waals surface area contributed by atoms with Gasteiger partial charge in [0, 0.05) is 16.1 Å². The van der Waals surface area contributed by atoms with Crippen LogP contribution >= 0.6 is 11.6 Å². The second kappa shape index (κ2) is 6.21. The average molecular weight is 289 g/mol. The smallest absolute Gasteiger partial charge is 0.267 e. The largest absolute Gasteiger partial charge is 0.269 e. The topological polar surface area (TPSA) is 58.2 Å². The third-order valence-corrected chi connectivity index (χ3v) is 3.00. The fourth-order valence-corrected chi connectivity index (χ4v) is 1.90. The molecule has 0 fully saturated rings. The molecule has 0 heterocycles. The molecule has 0 saturated heterocycles. The number of hydrazine groups is 1. The molecule has 102 valence electrons. The van der Waals surface area contributed by atoms with Crippen LogP contribution in [0, 0.1) is 6.92 Å². The Morgan fingerprint density at radius 3 is 2.35 bits per heavy atom. The van der Waals surface area contributed by atoms with E-state index in [0.717, 1.165) is 5.56 Å². The zero-order valence-electron chi connectivity index (χ0n) is 10.8. The zero-order valence-corrected chi connectivity index (χ0v) is 11.6. The van der Waals surface area contributed by atoms with Gasteiger partial charge in [-0.3, -0.25) is 20.4 Å². The van der Waals surface area contributed by atoms with Crippen molar-refractivity contribution < 1.29 is 9.59 Å². The minimum atomic E-state index is -0.422. The van der Waals surface area contributed by atoms with Crippen LogP contribution in [0.2, 0.25) is 5.02 Å². The summed E-state index contributed by atoms with van der Waals surface area (Å²) in [6.45, 7) is 1.83. The van der Waals surface area contributed by atoms with Gasteiger partial charge in [-0.2, -0.15) is 0 Å². The van der Waals surface area contributed by atoms with Gasteiger partial charge in [-0.15, -0.1) is 0 Å². The number of nitrogens with one attached hydrogen (secondary N) is 2. The van der Waals surface area contributed by atoms with Gasteiger partial charge in [0.25, 0.3) is 11.8 Å². The molecule has 0 aromatic heterocycles. The summed E-state index contributed by atoms with van der Waals surface area (Å²) in [7, 11) is 0. The molecule has 2 rings (SSSR count). The van der Waals surface area contributed by atoms with E-state index in [9.17, 15) is 9.59 Å². The van der Waals surface area contributed by atoms with Crippen LogP contribution in [0.15, 0.2) is 48.5 Å². The molecule has 0 spiro atoms. The predicted molar refractivity (Wildman–Crippen MR) is 77.6 cm³/mol. The lowest BCUT2D eigenvalue weighted by molar-refractivity contribution is 0.0846. The monoisotopic (exact) mass is 288 g/mol. The van der Waals surface area contributed by atoms with Gasteiger partial charge in [0.05, 0.1) is 0 Å². The molecule has 0 aliphatic rings. The molecule has 0 unspecified atom stereocenters. The van der Waals surface area contributed by atoms with Gasteiger partial charge < -0.3 is 0 Å². The molecule has 0 saturated carbocycles. The summed E-state index contributed by atoms with van der Waals surface area (Å²) in [5.41, 5.74) is 6.46. The lowest BCUT2D eigenvalue weighted by Gasteiger charge is -2.09. The van der Waals surface area contributed by atoms with E-state index in [1.807, 2.05) is 19.1 Å². The standard InChI is InChI=1S/C15H13ClN2O2/c1-10-5-2-3-8-13(10)15(20)18-17-14(19)11-6-4-7-12(16)9-11/h2-9H,1H3,(H,17,19)(H,18,20). The van der Waals surface area contributed by atoms with Crippen molar-refractivity contribution in [3.63, 3.8) is 0 Å². The SMILES string of the molecule is Cc1ccccc1C(=O)NNC(=O)c1cccc(Cl)c1. The number of hydrogen-bond acceptors (Lipinski definition) is 2. The average Bonchev–Trinajstić information content (AvgIpc) is 2.45. The number of carbonyl (C=O) groups excluding carboxylic acids is 2. The van der Waals surface area contributed by atoms with Crippen molar-refractivity contribution in [2.45, 2.75) is 6.92 Å². The third kappa shape index (κ3) is 3.36. The van der Waals surface area contributed by atoms with Crippen LogP contribution in [0.5, 0.6) is 0 Å². The van der Waals surface area contributed by atoms with Gasteiger partial charge in [0.15, 0.2) is 0 Å². The number of rotatable bonds is 2. The van der Waals surface area contributed by atoms with Gasteiger partial charge in [0.1, 0.15) is 0 Å². The van der Waals surface area contributed by atoms with Crippen LogP contribution in [0.3, 0.4) is 0 Å². The molecule has 0 aliphatic heterocycles. The lowest BCUT2D eigenvalue weighted by atomic mass is 10.1. The molecular weight excluding hydrogens is 276 g/mol. The van der Waals surface area contributed by atoms with Crippen LogP contribution < -0.4 is 10.9 Å². The van der Waals surface area contributed by atoms with Crippen molar-refractivity contribution in [1.82, 2.24) is 10.9 Å². The van der Waals surface area contributed by atoms with E-state index in [2.05, 4.69) is 10.9 Å². The van der Waals surface area contributed by atoms with E-state index in [0.29, 0.717) is 16.1 Å². The summed E-state index contributed by atoms with van der Waals surface area (Å²) in [5, 5.41) is 0.461. The van der Waals surface area contributed by atoms with Gasteiger partial charge in [0.2, 0.25) is 0 Å². The van der Waals surface area contributed by atoms with E-state index in [4.69, 9.17) is 11.6 Å². The van der Waals surface area contributed by atoms with Gasteiger partial charge in [-0.1, -0.05) is 35.9 Å². The molecule has 20 heavy (non-hydrogen) atoms. The molecule has 2 aromatic rings. The quantitative estimate of drug-likeness (QED) is 0.835. The van der Waals surface area contributed by atoms with E-state index in [-0.39, 0.29) is 5.91 Å². The molecule has 2 N–H and O–H groups in total. The van der Waals surface area contributed by atoms with E-state index >= 15 is 0 Å². The van der Waals surface area contributed by atoms with Crippen molar-refractivity contribution in [3.8, 4) is 0 Å². The second-order valence-corrected chi connectivity index (χ2v) is 4.67. The molecule has 0 radical (unpaired) electrons. The second-order valence-electron chi connectivity index (χ2n) is 4.23. The van der Waals surface area contributed by atoms with Crippen LogP contribution in [0.4, 0.5) is 0 Å². The number of benzene rings is 2. The maximum Gasteiger partial charge on any atom is 0.269 e. The first kappa shape index (κ1) is 14.1. The van der Waals surface area contributed by atoms with E-state index < -0.39 is 5.91 Å². The Kier molecular flexibility index (Phi) is 4.38. The Balaban J connectivity index is 2.01. The first-order valence-corrected chi connectivity index (χ1v) is 6.37. The van der Waals surface area contributed by atoms with Crippen molar-refractivity contribution in [3.05, 3.63) is 70.2 Å². The Morgan fingerprint density at radius 2 is 1.65 bits per heavy atom. The summed E-state index contributed by atoms with van der Waals surface area (Å²) in [6.07, 6.45) is 0. The molecule has 2 aromatic carbocycles. The minimum absolute atomic E-state index is 0.363. The van der Waals surface area contributed by atoms with Gasteiger partial charge in [-0.05, 0) is 36.8 Å². The molecule has 0 bridgehead atoms. The maximum absolute atomic E-state index is 11.9. The van der Waals surface area contributed by atoms with Crippen molar-refractivity contribution in [2.24, 2.45) is 0 Å². The molecular formula is C15H13ClN2O2. The first-order valence-electron chi connectivity index (χ1n) is 6.00. The van der Waals surface area contributed by atoms with Crippen LogP contribution in [0.25, 0.3) is 0 Å². The van der Waals surface area contributed by atoms with Crippen molar-refractivity contribution in [2.75, 3.05) is 0 Å². The highest BCUT2D eigenvalue weighted by Gasteiger charge is 2.10. The molecule has 5 heteroatoms. The van der Waals surface area contributed by atoms with Crippen LogP contribution in [-0.2, 0) is 0 Å². The van der Waals surface area contributed by atoms with E-state index in [1.54, 1.807) is 30.3 Å². The van der Waals surface area contributed by atoms with Crippen molar-refractivity contribution >= 4 is 23.4 Å². The summed E-state index contributed by atoms with van der Waals surface area (Å²) < 4.78 is 0. The Labute approximate surface area is 121 Å². The lowest BCUT2D eigenvalue weighted by Crippen LogP contribution is -2.41. The highest BCUT2D eigenvalue weighted by atomic mass is 35.5. The molecule has 2 amide bonds. The highest BCUT2D eigenvalue weighted by Crippen LogP contribution is 2.10. The van der Waals surface area contributed by atoms with Crippen LogP contribution in [-0.4, -0.2) is 11.8 Å². The maximum atomic E-state index is 11.9. The first-order chi connectivity index (χ1) is 9.58. The molecule has 0 atom stereocenters. The fraction of sp³-hybridized carbons (Fsp3) is 0.0667. The summed E-state index contributed by atoms with van der Waals surface area (Å²) in [4.78, 5) is 23.7. The Bertz CT molecular complexity index is 656. The van der Waals surface area contributed by atoms with Gasteiger partial charge in [-0.25, -0.2) is 0 Å². The molecule has 4 nitrogen and oxygen atoms in total. The summed E-state index contributed by atoms with van der Waals surface area (Å²) >= 11 is 5.80. The number of aryl methyl sites for hydroxylation is 1. The number of carbonyl (C=O) groups is 2. The fourth-order valence-electron chi connectivity index (χ4n) is 1.71. The predicted octanol–water partition coefficient (Wildman–Crippen LogP) is 2.72. The Morgan fingerprint density at radius 1 is 0.950 bits per heavy atom. The van der Waals surface area contributed by atoms with Crippen LogP contribution in [0.1, 0.15) is 26.3 Å². The summed E-state index contributed by atoms with van der Waals surface area (Å²) in [5.74, 6) is -0.784.